The fraction of sp³-hybridized carbons (Fsp3) is 0.103. The second-order valence-corrected chi connectivity index (χ2v) is 38.3. The third kappa shape index (κ3) is 16.1. The Hall–Kier alpha value is -17.1. The number of hydrogen-bond acceptors (Lipinski definition) is 4. The molecule has 0 N–H and O–H groups in total. The first kappa shape index (κ1) is 86.5. The number of furan rings is 2. The summed E-state index contributed by atoms with van der Waals surface area (Å²) < 4.78 is 17.9. The number of rotatable bonds is 28. The lowest BCUT2D eigenvalue weighted by Gasteiger charge is -2.26. The van der Waals surface area contributed by atoms with E-state index in [2.05, 4.69) is 482 Å². The van der Waals surface area contributed by atoms with Crippen LogP contribution in [0.3, 0.4) is 0 Å². The van der Waals surface area contributed by atoms with Crippen LogP contribution in [-0.2, 0) is 0 Å². The summed E-state index contributed by atoms with van der Waals surface area (Å²) >= 11 is 0. The largest absolute Gasteiger partial charge is 0.455 e. The Morgan fingerprint density at radius 1 is 0.197 bits per heavy atom. The first-order valence-corrected chi connectivity index (χ1v) is 50.8. The molecular weight excluding hydrogens is 1720 g/mol. The minimum atomic E-state index is 0.895. The van der Waals surface area contributed by atoms with Gasteiger partial charge in [0.05, 0.1) is 22.1 Å². The van der Waals surface area contributed by atoms with Crippen LogP contribution in [0.25, 0.3) is 205 Å². The lowest BCUT2D eigenvalue weighted by molar-refractivity contribution is 0.601. The maximum absolute atomic E-state index is 6.58. The van der Waals surface area contributed by atoms with E-state index in [9.17, 15) is 0 Å². The Morgan fingerprint density at radius 2 is 0.444 bits per heavy atom. The maximum Gasteiger partial charge on any atom is 0.143 e. The van der Waals surface area contributed by atoms with Gasteiger partial charge >= 0.3 is 0 Å². The minimum Gasteiger partial charge on any atom is -0.455 e. The Balaban J connectivity index is 0.501. The number of para-hydroxylation sites is 8. The fourth-order valence-electron chi connectivity index (χ4n) is 22.5. The quantitative estimate of drug-likeness (QED) is 0.0458. The third-order valence-corrected chi connectivity index (χ3v) is 29.8. The molecule has 0 bridgehead atoms. The fourth-order valence-corrected chi connectivity index (χ4v) is 22.5. The number of hydrogen-bond donors (Lipinski definition) is 0. The zero-order valence-electron chi connectivity index (χ0n) is 80.0. The minimum absolute atomic E-state index is 0.895. The summed E-state index contributed by atoms with van der Waals surface area (Å²) in [6.45, 7) is 4.65. The summed E-state index contributed by atoms with van der Waals surface area (Å²) in [5.41, 5.74) is 44.0. The van der Waals surface area contributed by atoms with Gasteiger partial charge < -0.3 is 27.8 Å². The van der Waals surface area contributed by atoms with Crippen molar-refractivity contribution >= 4 is 127 Å². The van der Waals surface area contributed by atoms with E-state index in [0.717, 1.165) is 158 Å². The van der Waals surface area contributed by atoms with Gasteiger partial charge in [0.25, 0.3) is 0 Å². The zero-order valence-corrected chi connectivity index (χ0v) is 80.0. The van der Waals surface area contributed by atoms with Gasteiger partial charge in [-0.15, -0.1) is 0 Å². The molecule has 6 heteroatoms. The molecule has 0 unspecified atom stereocenters. The summed E-state index contributed by atoms with van der Waals surface area (Å²) in [5.74, 6) is 0. The number of fused-ring (bicyclic) bond motifs is 15. The molecule has 682 valence electrons. The van der Waals surface area contributed by atoms with Crippen LogP contribution >= 0.6 is 0 Å². The average molecular weight is 1830 g/mol. The summed E-state index contributed by atoms with van der Waals surface area (Å²) in [7, 11) is 0. The standard InChI is InChI=1S/C136H106N4O2/c1-3-5-7-9-11-27-103(28-12-10-8-6-4-2)134-126-89-104(99-49-45-91(46-50-99)93-53-71-106(72-54-93)137(110-83-65-101(66-84-110)114-35-25-37-124-122-33-17-23-43-132(122)141-135(114)124)108-75-57-95(58-76-108)97-61-79-112(80-62-97)139-128-39-19-13-29-118(128)119-30-14-20-40-129(119)139)69-87-116(126)117-88-70-105(90-127(117)134)100-51-47-92(48-52-100)94-55-73-107(74-56-94)138(111-85-67-102(68-86-111)115-36-26-38-125-123-34-18-24-44-133(123)142-136(115)125)109-77-59-96(60-78-109)98-63-81-113(82-64-98)140-130-41-21-15-31-120(130)121-32-16-22-42-131(121)140/h13-26,29-90H,3-12,27-28H2,1-2H3. The highest BCUT2D eigenvalue weighted by Gasteiger charge is 2.29. The number of unbranched alkanes of at least 4 members (excludes halogenated alkanes) is 8. The second-order valence-electron chi connectivity index (χ2n) is 38.3. The van der Waals surface area contributed by atoms with E-state index in [4.69, 9.17) is 8.83 Å². The van der Waals surface area contributed by atoms with E-state index in [1.165, 1.54) is 169 Å². The number of allylic oxidation sites excluding steroid dienone is 1. The van der Waals surface area contributed by atoms with Crippen LogP contribution in [0.15, 0.2) is 475 Å². The van der Waals surface area contributed by atoms with Crippen LogP contribution in [0.5, 0.6) is 0 Å². The van der Waals surface area contributed by atoms with Crippen LogP contribution in [0.1, 0.15) is 102 Å². The van der Waals surface area contributed by atoms with Gasteiger partial charge in [-0.25, -0.2) is 0 Å². The number of benzene rings is 20. The molecule has 4 heterocycles. The van der Waals surface area contributed by atoms with Crippen LogP contribution in [0.2, 0.25) is 0 Å². The van der Waals surface area contributed by atoms with Gasteiger partial charge in [-0.05, 0) is 277 Å². The molecule has 6 nitrogen and oxygen atoms in total. The molecular formula is C136H106N4O2. The molecule has 0 spiro atoms. The molecule has 142 heavy (non-hydrogen) atoms. The van der Waals surface area contributed by atoms with Crippen molar-refractivity contribution in [3.63, 3.8) is 0 Å². The Labute approximate surface area is 829 Å². The molecule has 0 aliphatic heterocycles. The van der Waals surface area contributed by atoms with Crippen LogP contribution in [0, 0.1) is 0 Å². The van der Waals surface area contributed by atoms with E-state index in [0.29, 0.717) is 0 Å². The number of aromatic nitrogens is 2. The normalized spacial score (nSPS) is 11.9. The molecule has 0 saturated heterocycles. The lowest BCUT2D eigenvalue weighted by Crippen LogP contribution is -2.09. The summed E-state index contributed by atoms with van der Waals surface area (Å²) in [6, 6.07) is 170. The molecule has 0 atom stereocenters. The molecule has 0 fully saturated rings. The lowest BCUT2D eigenvalue weighted by atomic mass is 9.88. The smallest absolute Gasteiger partial charge is 0.143 e. The van der Waals surface area contributed by atoms with Gasteiger partial charge in [0.2, 0.25) is 0 Å². The molecule has 1 aliphatic carbocycles. The predicted molar refractivity (Wildman–Crippen MR) is 601 cm³/mol. The van der Waals surface area contributed by atoms with Crippen molar-refractivity contribution in [1.82, 2.24) is 9.13 Å². The molecule has 0 amide bonds. The highest BCUT2D eigenvalue weighted by Crippen LogP contribution is 2.52. The van der Waals surface area contributed by atoms with Gasteiger partial charge in [-0.1, -0.05) is 386 Å². The van der Waals surface area contributed by atoms with Crippen molar-refractivity contribution in [3.8, 4) is 112 Å². The highest BCUT2D eigenvalue weighted by atomic mass is 16.3. The van der Waals surface area contributed by atoms with Crippen molar-refractivity contribution in [2.24, 2.45) is 0 Å². The first-order valence-electron chi connectivity index (χ1n) is 50.8. The topological polar surface area (TPSA) is 42.6 Å². The van der Waals surface area contributed by atoms with E-state index in [1.807, 2.05) is 12.1 Å². The monoisotopic (exact) mass is 1830 g/mol. The summed E-state index contributed by atoms with van der Waals surface area (Å²) in [4.78, 5) is 4.75. The molecule has 0 radical (unpaired) electrons. The van der Waals surface area contributed by atoms with E-state index < -0.39 is 0 Å². The first-order chi connectivity index (χ1) is 70.3. The van der Waals surface area contributed by atoms with E-state index in [-0.39, 0.29) is 0 Å². The summed E-state index contributed by atoms with van der Waals surface area (Å²) in [6.07, 6.45) is 14.7. The Kier molecular flexibility index (Phi) is 23.0. The Morgan fingerprint density at radius 3 is 0.754 bits per heavy atom. The third-order valence-electron chi connectivity index (χ3n) is 29.8. The molecule has 25 rings (SSSR count). The van der Waals surface area contributed by atoms with Crippen molar-refractivity contribution in [3.05, 3.63) is 478 Å². The van der Waals surface area contributed by atoms with E-state index in [1.54, 1.807) is 5.57 Å². The van der Waals surface area contributed by atoms with E-state index >= 15 is 0 Å². The van der Waals surface area contributed by atoms with Crippen molar-refractivity contribution < 1.29 is 8.83 Å². The van der Waals surface area contributed by atoms with Crippen LogP contribution in [0.4, 0.5) is 34.1 Å². The zero-order chi connectivity index (χ0) is 94.5. The van der Waals surface area contributed by atoms with Crippen molar-refractivity contribution in [2.75, 3.05) is 9.80 Å². The molecule has 0 saturated carbocycles. The molecule has 24 aromatic rings. The highest BCUT2D eigenvalue weighted by molar-refractivity contribution is 6.14. The van der Waals surface area contributed by atoms with Gasteiger partial charge in [0.1, 0.15) is 22.3 Å². The maximum atomic E-state index is 6.58. The van der Waals surface area contributed by atoms with Gasteiger partial charge in [-0.3, -0.25) is 0 Å². The van der Waals surface area contributed by atoms with Gasteiger partial charge in [0, 0.05) is 99.7 Å². The number of nitrogens with zero attached hydrogens (tertiary/aromatic N) is 4. The predicted octanol–water partition coefficient (Wildman–Crippen LogP) is 39.5. The van der Waals surface area contributed by atoms with Gasteiger partial charge in [0.15, 0.2) is 0 Å². The van der Waals surface area contributed by atoms with Gasteiger partial charge in [-0.2, -0.15) is 0 Å². The SMILES string of the molecule is CCCCCCCC(CCCCCCC)=C1c2cc(-c3ccc(-c4ccc(N(c5ccc(-c6ccc(-n7c8ccccc8c8ccccc87)cc6)cc5)c5ccc(-c6cccc7c6oc6ccccc67)cc5)cc4)cc3)ccc2-c2ccc(-c3ccc(-c4ccc(N(c5ccc(-c6ccc(-n7c8ccccc8c8ccccc87)cc6)cc5)c5ccc(-c6cccc7c6oc6ccccc67)cc5)cc4)cc3)cc21. The molecule has 4 aromatic heterocycles. The number of anilines is 6. The Bertz CT molecular complexity index is 8220. The molecule has 1 aliphatic rings. The second kappa shape index (κ2) is 37.7. The average Bonchev–Trinajstić information content (AvgIpc) is 1.58. The van der Waals surface area contributed by atoms with Crippen molar-refractivity contribution in [2.45, 2.75) is 90.9 Å². The summed E-state index contributed by atoms with van der Waals surface area (Å²) in [5, 5.41) is 9.53. The molecule has 20 aromatic carbocycles. The van der Waals surface area contributed by atoms with Crippen LogP contribution < -0.4 is 9.80 Å². The van der Waals surface area contributed by atoms with Crippen molar-refractivity contribution in [1.29, 1.82) is 0 Å². The van der Waals surface area contributed by atoms with Crippen LogP contribution in [-0.4, -0.2) is 9.13 Å².